The topological polar surface area (TPSA) is 103 Å². The van der Waals surface area contributed by atoms with Gasteiger partial charge in [0.2, 0.25) is 5.91 Å². The summed E-state index contributed by atoms with van der Waals surface area (Å²) in [6.07, 6.45) is 5.48. The molecule has 1 aromatic carbocycles. The summed E-state index contributed by atoms with van der Waals surface area (Å²) >= 11 is 0. The van der Waals surface area contributed by atoms with Gasteiger partial charge in [0.15, 0.2) is 0 Å². The Balaban J connectivity index is 1.68. The van der Waals surface area contributed by atoms with Gasteiger partial charge < -0.3 is 5.32 Å². The smallest absolute Gasteiger partial charge is 0.249 e. The van der Waals surface area contributed by atoms with Crippen LogP contribution in [0.15, 0.2) is 43.2 Å². The first-order chi connectivity index (χ1) is 12.2. The number of benzene rings is 1. The third-order valence-electron chi connectivity index (χ3n) is 4.13. The molecule has 1 N–H and O–H groups in total. The first-order valence-electron chi connectivity index (χ1n) is 8.12. The Morgan fingerprint density at radius 2 is 2.04 bits per heavy atom. The van der Waals surface area contributed by atoms with Crippen LogP contribution in [0.4, 0.5) is 5.69 Å². The van der Waals surface area contributed by atoms with Gasteiger partial charge in [0.25, 0.3) is 0 Å². The first-order valence-corrected chi connectivity index (χ1v) is 8.12. The molecule has 2 aromatic heterocycles. The summed E-state index contributed by atoms with van der Waals surface area (Å²) in [5.41, 5.74) is 1.80. The number of hydrogen-bond donors (Lipinski definition) is 1. The van der Waals surface area contributed by atoms with E-state index < -0.39 is 6.04 Å². The van der Waals surface area contributed by atoms with Crippen molar-refractivity contribution in [3.05, 3.63) is 48.8 Å². The molecule has 0 aliphatic carbocycles. The van der Waals surface area contributed by atoms with Crippen LogP contribution in [0.2, 0.25) is 0 Å². The van der Waals surface area contributed by atoms with Crippen LogP contribution in [0.25, 0.3) is 0 Å². The number of carbonyl (C=O) groups is 1. The molecule has 130 valence electrons. The molecule has 0 spiro atoms. The van der Waals surface area contributed by atoms with Crippen molar-refractivity contribution in [1.29, 1.82) is 0 Å². The molecule has 25 heavy (non-hydrogen) atoms. The minimum Gasteiger partial charge on any atom is -0.324 e. The van der Waals surface area contributed by atoms with Crippen molar-refractivity contribution in [1.82, 2.24) is 35.0 Å². The Labute approximate surface area is 145 Å². The van der Waals surface area contributed by atoms with Gasteiger partial charge in [-0.15, -0.1) is 5.10 Å². The van der Waals surface area contributed by atoms with Gasteiger partial charge in [-0.1, -0.05) is 32.4 Å². The molecule has 3 rings (SSSR count). The second-order valence-corrected chi connectivity index (χ2v) is 5.90. The number of nitrogens with one attached hydrogen (secondary N) is 1. The van der Waals surface area contributed by atoms with Gasteiger partial charge in [-0.2, -0.15) is 5.10 Å². The van der Waals surface area contributed by atoms with Gasteiger partial charge in [0.1, 0.15) is 25.0 Å². The van der Waals surface area contributed by atoms with Crippen molar-refractivity contribution >= 4 is 11.6 Å². The maximum Gasteiger partial charge on any atom is 0.249 e. The van der Waals surface area contributed by atoms with Crippen LogP contribution in [0.5, 0.6) is 0 Å². The second kappa shape index (κ2) is 7.65. The van der Waals surface area contributed by atoms with Gasteiger partial charge >= 0.3 is 0 Å². The zero-order valence-corrected chi connectivity index (χ0v) is 14.1. The van der Waals surface area contributed by atoms with Crippen LogP contribution in [0.3, 0.4) is 0 Å². The molecule has 0 aliphatic rings. The molecular weight excluding hydrogens is 320 g/mol. The van der Waals surface area contributed by atoms with Crippen LogP contribution in [-0.4, -0.2) is 40.9 Å². The van der Waals surface area contributed by atoms with Crippen LogP contribution >= 0.6 is 0 Å². The summed E-state index contributed by atoms with van der Waals surface area (Å²) in [6, 6.07) is 7.20. The minimum absolute atomic E-state index is 0.107. The number of nitrogens with zero attached hydrogens (tertiary/aromatic N) is 7. The monoisotopic (exact) mass is 340 g/mol. The van der Waals surface area contributed by atoms with E-state index in [1.807, 2.05) is 38.1 Å². The van der Waals surface area contributed by atoms with Crippen LogP contribution in [0, 0.1) is 5.92 Å². The van der Waals surface area contributed by atoms with E-state index in [4.69, 9.17) is 0 Å². The molecular formula is C16H20N8O. The molecule has 9 nitrogen and oxygen atoms in total. The summed E-state index contributed by atoms with van der Waals surface area (Å²) in [5, 5.41) is 18.2. The van der Waals surface area contributed by atoms with E-state index in [2.05, 4.69) is 30.9 Å². The number of rotatable bonds is 7. The van der Waals surface area contributed by atoms with Crippen LogP contribution < -0.4 is 5.32 Å². The van der Waals surface area contributed by atoms with Crippen molar-refractivity contribution in [2.45, 2.75) is 32.9 Å². The fraction of sp³-hybridized carbons (Fsp3) is 0.375. The summed E-state index contributed by atoms with van der Waals surface area (Å²) in [4.78, 5) is 16.6. The number of carbonyl (C=O) groups excluding carboxylic acids is 1. The Hall–Kier alpha value is -3.10. The SMILES string of the molecule is CCC(C)C(C(=O)Nc1ccc(Cn2cncn2)cc1)n1cnnn1. The Kier molecular flexibility index (Phi) is 5.12. The maximum absolute atomic E-state index is 12.7. The average molecular weight is 340 g/mol. The molecule has 0 bridgehead atoms. The first kappa shape index (κ1) is 16.7. The van der Waals surface area contributed by atoms with E-state index in [-0.39, 0.29) is 11.8 Å². The largest absolute Gasteiger partial charge is 0.324 e. The van der Waals surface area contributed by atoms with Crippen molar-refractivity contribution in [2.24, 2.45) is 5.92 Å². The third-order valence-corrected chi connectivity index (χ3v) is 4.13. The zero-order chi connectivity index (χ0) is 17.6. The lowest BCUT2D eigenvalue weighted by atomic mass is 9.98. The number of amides is 1. The molecule has 0 saturated heterocycles. The Morgan fingerprint density at radius 3 is 2.64 bits per heavy atom. The van der Waals surface area contributed by atoms with Crippen LogP contribution in [-0.2, 0) is 11.3 Å². The molecule has 2 unspecified atom stereocenters. The second-order valence-electron chi connectivity index (χ2n) is 5.90. The van der Waals surface area contributed by atoms with E-state index >= 15 is 0 Å². The molecule has 0 aliphatic heterocycles. The van der Waals surface area contributed by atoms with Gasteiger partial charge in [0, 0.05) is 5.69 Å². The summed E-state index contributed by atoms with van der Waals surface area (Å²) in [7, 11) is 0. The molecule has 2 atom stereocenters. The maximum atomic E-state index is 12.7. The quantitative estimate of drug-likeness (QED) is 0.700. The Morgan fingerprint density at radius 1 is 1.24 bits per heavy atom. The highest BCUT2D eigenvalue weighted by molar-refractivity contribution is 5.93. The van der Waals surface area contributed by atoms with Gasteiger partial charge in [-0.25, -0.2) is 14.3 Å². The van der Waals surface area contributed by atoms with Crippen molar-refractivity contribution in [3.63, 3.8) is 0 Å². The van der Waals surface area contributed by atoms with Crippen LogP contribution in [0.1, 0.15) is 31.9 Å². The van der Waals surface area contributed by atoms with Gasteiger partial charge in [-0.3, -0.25) is 4.79 Å². The van der Waals surface area contributed by atoms with E-state index in [1.165, 1.54) is 17.3 Å². The molecule has 1 amide bonds. The summed E-state index contributed by atoms with van der Waals surface area (Å²) in [5.74, 6) is -0.0271. The van der Waals surface area contributed by atoms with E-state index in [0.29, 0.717) is 6.54 Å². The fourth-order valence-corrected chi connectivity index (χ4v) is 2.57. The van der Waals surface area contributed by atoms with Gasteiger partial charge in [-0.05, 0) is 34.0 Å². The third kappa shape index (κ3) is 4.06. The summed E-state index contributed by atoms with van der Waals surface area (Å²) < 4.78 is 3.24. The summed E-state index contributed by atoms with van der Waals surface area (Å²) in [6.45, 7) is 4.68. The lowest BCUT2D eigenvalue weighted by Gasteiger charge is -2.21. The van der Waals surface area contributed by atoms with E-state index in [0.717, 1.165) is 17.7 Å². The molecule has 2 heterocycles. The predicted molar refractivity (Wildman–Crippen MR) is 90.5 cm³/mol. The van der Waals surface area contributed by atoms with Crippen molar-refractivity contribution < 1.29 is 4.79 Å². The van der Waals surface area contributed by atoms with E-state index in [9.17, 15) is 4.79 Å². The number of tetrazole rings is 1. The fourth-order valence-electron chi connectivity index (χ4n) is 2.57. The zero-order valence-electron chi connectivity index (χ0n) is 14.1. The van der Waals surface area contributed by atoms with Crippen molar-refractivity contribution in [2.75, 3.05) is 5.32 Å². The number of aromatic nitrogens is 7. The number of hydrogen-bond acceptors (Lipinski definition) is 6. The molecule has 0 fully saturated rings. The lowest BCUT2D eigenvalue weighted by Crippen LogP contribution is -2.31. The minimum atomic E-state index is -0.449. The Bertz CT molecular complexity index is 782. The number of anilines is 1. The van der Waals surface area contributed by atoms with Crippen molar-refractivity contribution in [3.8, 4) is 0 Å². The van der Waals surface area contributed by atoms with E-state index in [1.54, 1.807) is 11.0 Å². The molecule has 0 saturated carbocycles. The van der Waals surface area contributed by atoms with Gasteiger partial charge in [0.05, 0.1) is 6.54 Å². The lowest BCUT2D eigenvalue weighted by molar-refractivity contribution is -0.121. The average Bonchev–Trinajstić information content (AvgIpc) is 3.31. The standard InChI is InChI=1S/C16H20N8O/c1-3-12(2)15(24-11-18-21-22-24)16(25)20-14-6-4-13(5-7-14)8-23-10-17-9-19-23/h4-7,9-12,15H,3,8H2,1-2H3,(H,20,25). The highest BCUT2D eigenvalue weighted by Gasteiger charge is 2.27. The molecule has 0 radical (unpaired) electrons. The molecule has 9 heteroatoms. The highest BCUT2D eigenvalue weighted by Crippen LogP contribution is 2.22. The predicted octanol–water partition coefficient (Wildman–Crippen LogP) is 1.54. The normalized spacial score (nSPS) is 13.4. The highest BCUT2D eigenvalue weighted by atomic mass is 16.2. The molecule has 3 aromatic rings.